The molecule has 2 aliphatic rings. The van der Waals surface area contributed by atoms with Crippen molar-refractivity contribution < 1.29 is 21.4 Å². The molecule has 6 nitrogen and oxygen atoms in total. The summed E-state index contributed by atoms with van der Waals surface area (Å²) < 4.78 is 54.5. The van der Waals surface area contributed by atoms with Gasteiger partial charge in [0.15, 0.2) is 0 Å². The van der Waals surface area contributed by atoms with Crippen molar-refractivity contribution in [2.75, 3.05) is 13.1 Å². The summed E-state index contributed by atoms with van der Waals surface area (Å²) in [6, 6.07) is 0. The van der Waals surface area contributed by atoms with Crippen molar-refractivity contribution in [1.29, 1.82) is 0 Å². The fourth-order valence-electron chi connectivity index (χ4n) is 2.90. The van der Waals surface area contributed by atoms with E-state index in [-0.39, 0.29) is 19.0 Å². The highest BCUT2D eigenvalue weighted by Gasteiger charge is 2.41. The number of piperidine rings is 1. The minimum Gasteiger partial charge on any atom is -0.273 e. The molecule has 1 aliphatic carbocycles. The Balaban J connectivity index is 2.16. The minimum atomic E-state index is -5.04. The first-order valence-corrected chi connectivity index (χ1v) is 9.19. The zero-order valence-electron chi connectivity index (χ0n) is 9.45. The van der Waals surface area contributed by atoms with Gasteiger partial charge in [0.2, 0.25) is 0 Å². The van der Waals surface area contributed by atoms with Crippen molar-refractivity contribution in [3.63, 3.8) is 0 Å². The second kappa shape index (κ2) is 4.49. The third-order valence-corrected chi connectivity index (χ3v) is 7.56. The van der Waals surface area contributed by atoms with Crippen molar-refractivity contribution in [2.45, 2.75) is 32.1 Å². The molecule has 1 aliphatic heterocycles. The standard InChI is InChI=1S/C9H17NO5S2/c11-16(12,17(13,14)15)10-6-5-8-3-1-2-4-9(8)7-10/h8-9H,1-7H2,(H,13,14,15). The predicted molar refractivity (Wildman–Crippen MR) is 62.1 cm³/mol. The van der Waals surface area contributed by atoms with E-state index < -0.39 is 18.2 Å². The molecule has 2 rings (SSSR count). The average Bonchev–Trinajstić information content (AvgIpc) is 2.27. The second-order valence-corrected chi connectivity index (χ2v) is 9.59. The largest absolute Gasteiger partial charge is 0.386 e. The van der Waals surface area contributed by atoms with Crippen LogP contribution in [0.25, 0.3) is 0 Å². The third kappa shape index (κ3) is 2.49. The van der Waals surface area contributed by atoms with E-state index in [9.17, 15) is 16.8 Å². The lowest BCUT2D eigenvalue weighted by atomic mass is 9.76. The third-order valence-electron chi connectivity index (χ3n) is 3.84. The van der Waals surface area contributed by atoms with Gasteiger partial charge in [0.25, 0.3) is 0 Å². The quantitative estimate of drug-likeness (QED) is 0.593. The van der Waals surface area contributed by atoms with Gasteiger partial charge in [-0.2, -0.15) is 21.1 Å². The van der Waals surface area contributed by atoms with E-state index in [1.165, 1.54) is 6.42 Å². The topological polar surface area (TPSA) is 91.7 Å². The second-order valence-electron chi connectivity index (χ2n) is 4.84. The Hall–Kier alpha value is -0.180. The van der Waals surface area contributed by atoms with E-state index in [0.717, 1.165) is 23.6 Å². The van der Waals surface area contributed by atoms with Gasteiger partial charge >= 0.3 is 18.2 Å². The van der Waals surface area contributed by atoms with Crippen LogP contribution in [0.2, 0.25) is 0 Å². The number of rotatable bonds is 2. The monoisotopic (exact) mass is 283 g/mol. The molecular weight excluding hydrogens is 266 g/mol. The van der Waals surface area contributed by atoms with Crippen LogP contribution in [0.5, 0.6) is 0 Å². The Kier molecular flexibility index (Phi) is 3.50. The molecule has 0 radical (unpaired) electrons. The number of nitrogens with zero attached hydrogens (tertiary/aromatic N) is 1. The average molecular weight is 283 g/mol. The van der Waals surface area contributed by atoms with Crippen molar-refractivity contribution >= 4 is 18.2 Å². The predicted octanol–water partition coefficient (Wildman–Crippen LogP) is 0.631. The van der Waals surface area contributed by atoms with Gasteiger partial charge in [-0.05, 0) is 24.7 Å². The molecule has 1 heterocycles. The highest BCUT2D eigenvalue weighted by Crippen LogP contribution is 2.37. The Labute approximate surface area is 101 Å². The molecule has 0 aromatic rings. The molecule has 2 unspecified atom stereocenters. The van der Waals surface area contributed by atoms with Crippen LogP contribution in [-0.2, 0) is 18.2 Å². The zero-order valence-corrected chi connectivity index (χ0v) is 11.1. The first kappa shape index (κ1) is 13.3. The molecule has 0 aromatic carbocycles. The van der Waals surface area contributed by atoms with Gasteiger partial charge in [-0.1, -0.05) is 19.3 Å². The highest BCUT2D eigenvalue weighted by molar-refractivity contribution is 8.63. The van der Waals surface area contributed by atoms with Gasteiger partial charge in [0, 0.05) is 13.1 Å². The van der Waals surface area contributed by atoms with Crippen molar-refractivity contribution in [1.82, 2.24) is 4.31 Å². The van der Waals surface area contributed by atoms with Crippen LogP contribution in [0.15, 0.2) is 0 Å². The summed E-state index contributed by atoms with van der Waals surface area (Å²) in [5.41, 5.74) is 0. The van der Waals surface area contributed by atoms with Crippen LogP contribution >= 0.6 is 0 Å². The maximum Gasteiger partial charge on any atom is 0.386 e. The molecule has 0 spiro atoms. The summed E-state index contributed by atoms with van der Waals surface area (Å²) >= 11 is 0. The van der Waals surface area contributed by atoms with Gasteiger partial charge in [0.05, 0.1) is 0 Å². The van der Waals surface area contributed by atoms with E-state index in [4.69, 9.17) is 4.55 Å². The first-order chi connectivity index (χ1) is 7.82. The number of fused-ring (bicyclic) bond motifs is 1. The lowest BCUT2D eigenvalue weighted by Gasteiger charge is -2.39. The molecule has 1 saturated heterocycles. The summed E-state index contributed by atoms with van der Waals surface area (Å²) in [4.78, 5) is 0. The molecular formula is C9H17NO5S2. The Morgan fingerprint density at radius 3 is 2.12 bits per heavy atom. The summed E-state index contributed by atoms with van der Waals surface area (Å²) in [5.74, 6) is 0.755. The van der Waals surface area contributed by atoms with Crippen molar-refractivity contribution in [2.24, 2.45) is 11.8 Å². The van der Waals surface area contributed by atoms with Crippen LogP contribution in [0, 0.1) is 11.8 Å². The van der Waals surface area contributed by atoms with E-state index in [2.05, 4.69) is 0 Å². The first-order valence-electron chi connectivity index (χ1n) is 5.80. The number of hydrogen-bond donors (Lipinski definition) is 1. The summed E-state index contributed by atoms with van der Waals surface area (Å²) in [6.07, 6.45) is 4.99. The molecule has 17 heavy (non-hydrogen) atoms. The lowest BCUT2D eigenvalue weighted by molar-refractivity contribution is 0.137. The van der Waals surface area contributed by atoms with E-state index in [1.807, 2.05) is 0 Å². The summed E-state index contributed by atoms with van der Waals surface area (Å²) in [5, 5.41) is 0. The van der Waals surface area contributed by atoms with Gasteiger partial charge < -0.3 is 0 Å². The molecule has 1 saturated carbocycles. The van der Waals surface area contributed by atoms with E-state index in [0.29, 0.717) is 12.3 Å². The highest BCUT2D eigenvalue weighted by atomic mass is 33.2. The Morgan fingerprint density at radius 1 is 0.941 bits per heavy atom. The van der Waals surface area contributed by atoms with Crippen LogP contribution < -0.4 is 0 Å². The fraction of sp³-hybridized carbons (Fsp3) is 1.00. The molecule has 8 heteroatoms. The number of hydrogen-bond acceptors (Lipinski definition) is 4. The minimum absolute atomic E-state index is 0.198. The summed E-state index contributed by atoms with van der Waals surface area (Å²) in [6.45, 7) is 0.427. The van der Waals surface area contributed by atoms with Crippen molar-refractivity contribution in [3.8, 4) is 0 Å². The van der Waals surface area contributed by atoms with Gasteiger partial charge in [-0.25, -0.2) is 0 Å². The smallest absolute Gasteiger partial charge is 0.273 e. The van der Waals surface area contributed by atoms with Gasteiger partial charge in [-0.15, -0.1) is 0 Å². The van der Waals surface area contributed by atoms with Crippen molar-refractivity contribution in [3.05, 3.63) is 0 Å². The molecule has 2 atom stereocenters. The van der Waals surface area contributed by atoms with Gasteiger partial charge in [0.1, 0.15) is 0 Å². The van der Waals surface area contributed by atoms with Gasteiger partial charge in [-0.3, -0.25) is 4.55 Å². The maximum atomic E-state index is 11.6. The van der Waals surface area contributed by atoms with Crippen LogP contribution in [0.3, 0.4) is 0 Å². The fourth-order valence-corrected chi connectivity index (χ4v) is 5.08. The molecule has 0 amide bonds. The maximum absolute atomic E-state index is 11.6. The molecule has 0 bridgehead atoms. The zero-order chi connectivity index (χ0) is 12.7. The van der Waals surface area contributed by atoms with Crippen LogP contribution in [0.4, 0.5) is 0 Å². The molecule has 0 aromatic heterocycles. The Morgan fingerprint density at radius 2 is 1.53 bits per heavy atom. The molecule has 100 valence electrons. The van der Waals surface area contributed by atoms with E-state index >= 15 is 0 Å². The van der Waals surface area contributed by atoms with Crippen LogP contribution in [-0.4, -0.2) is 38.8 Å². The van der Waals surface area contributed by atoms with Crippen LogP contribution in [0.1, 0.15) is 32.1 Å². The molecule has 2 fully saturated rings. The SMILES string of the molecule is O=S(=O)(O)S(=O)(=O)N1CCC2CCCCC2C1. The normalized spacial score (nSPS) is 32.1. The summed E-state index contributed by atoms with van der Waals surface area (Å²) in [7, 11) is -9.63. The van der Waals surface area contributed by atoms with E-state index in [1.54, 1.807) is 0 Å². The molecule has 1 N–H and O–H groups in total. The Bertz CT molecular complexity index is 484. The lowest BCUT2D eigenvalue weighted by Crippen LogP contribution is -2.46.